The second kappa shape index (κ2) is 3.89. The fourth-order valence-corrected chi connectivity index (χ4v) is 1.29. The van der Waals surface area contributed by atoms with Gasteiger partial charge in [-0.15, -0.1) is 0 Å². The topological polar surface area (TPSA) is 72.6 Å². The van der Waals surface area contributed by atoms with Gasteiger partial charge in [-0.05, 0) is 26.3 Å². The molecule has 0 spiro atoms. The van der Waals surface area contributed by atoms with Crippen LogP contribution in [0, 0.1) is 5.92 Å². The zero-order valence-electron chi connectivity index (χ0n) is 8.53. The fraction of sp³-hybridized carbons (Fsp3) is 0.556. The maximum absolute atomic E-state index is 11.4. The highest BCUT2D eigenvalue weighted by Crippen LogP contribution is 2.22. The predicted molar refractivity (Wildman–Crippen MR) is 49.5 cm³/mol. The molecule has 1 atom stereocenters. The summed E-state index contributed by atoms with van der Waals surface area (Å²) in [7, 11) is 0. The Balaban J connectivity index is 2.91. The average molecular weight is 198 g/mol. The SMILES string of the molecule is CC(=O)C(C)=C(C)C1CON(N)C1=O. The minimum Gasteiger partial charge on any atom is -0.295 e. The highest BCUT2D eigenvalue weighted by atomic mass is 16.7. The van der Waals surface area contributed by atoms with E-state index in [-0.39, 0.29) is 18.3 Å². The highest BCUT2D eigenvalue weighted by molar-refractivity contribution is 5.95. The quantitative estimate of drug-likeness (QED) is 0.390. The summed E-state index contributed by atoms with van der Waals surface area (Å²) in [5, 5.41) is 0.724. The summed E-state index contributed by atoms with van der Waals surface area (Å²) in [6.45, 7) is 5.14. The van der Waals surface area contributed by atoms with Gasteiger partial charge in [0.15, 0.2) is 5.78 Å². The first-order valence-corrected chi connectivity index (χ1v) is 4.35. The van der Waals surface area contributed by atoms with E-state index in [2.05, 4.69) is 0 Å². The van der Waals surface area contributed by atoms with E-state index in [9.17, 15) is 9.59 Å². The maximum Gasteiger partial charge on any atom is 0.270 e. The molecule has 78 valence electrons. The molecule has 5 heteroatoms. The maximum atomic E-state index is 11.4. The van der Waals surface area contributed by atoms with Crippen molar-refractivity contribution >= 4 is 11.7 Å². The smallest absolute Gasteiger partial charge is 0.270 e. The van der Waals surface area contributed by atoms with E-state index in [0.717, 1.165) is 10.7 Å². The van der Waals surface area contributed by atoms with E-state index >= 15 is 0 Å². The number of rotatable bonds is 2. The summed E-state index contributed by atoms with van der Waals surface area (Å²) in [4.78, 5) is 27.3. The van der Waals surface area contributed by atoms with Crippen LogP contribution in [0.4, 0.5) is 0 Å². The van der Waals surface area contributed by atoms with E-state index < -0.39 is 5.92 Å². The van der Waals surface area contributed by atoms with Gasteiger partial charge in [0.2, 0.25) is 0 Å². The second-order valence-corrected chi connectivity index (χ2v) is 3.38. The fourth-order valence-electron chi connectivity index (χ4n) is 1.29. The van der Waals surface area contributed by atoms with Crippen LogP contribution in [0.5, 0.6) is 0 Å². The third-order valence-electron chi connectivity index (χ3n) is 2.54. The number of amides is 1. The van der Waals surface area contributed by atoms with Crippen molar-refractivity contribution in [3.63, 3.8) is 0 Å². The lowest BCUT2D eigenvalue weighted by molar-refractivity contribution is -0.162. The van der Waals surface area contributed by atoms with Crippen LogP contribution < -0.4 is 5.84 Å². The molecule has 1 rings (SSSR count). The van der Waals surface area contributed by atoms with Gasteiger partial charge >= 0.3 is 0 Å². The Bertz CT molecular complexity index is 309. The van der Waals surface area contributed by atoms with Crippen molar-refractivity contribution in [1.82, 2.24) is 5.17 Å². The van der Waals surface area contributed by atoms with Gasteiger partial charge in [0.05, 0.1) is 12.5 Å². The molecule has 1 heterocycles. The van der Waals surface area contributed by atoms with Crippen molar-refractivity contribution in [1.29, 1.82) is 0 Å². The molecule has 1 fully saturated rings. The van der Waals surface area contributed by atoms with Crippen LogP contribution in [0.1, 0.15) is 20.8 Å². The first kappa shape index (κ1) is 10.9. The molecule has 1 amide bonds. The van der Waals surface area contributed by atoms with Gasteiger partial charge in [0, 0.05) is 0 Å². The Hall–Kier alpha value is -1.20. The normalized spacial score (nSPS) is 23.9. The van der Waals surface area contributed by atoms with Gasteiger partial charge in [0.1, 0.15) is 0 Å². The molecule has 1 unspecified atom stereocenters. The van der Waals surface area contributed by atoms with Gasteiger partial charge in [-0.25, -0.2) is 5.84 Å². The minimum atomic E-state index is -0.413. The molecule has 0 aromatic heterocycles. The summed E-state index contributed by atoms with van der Waals surface area (Å²) in [5.74, 6) is 4.48. The molecule has 0 radical (unpaired) electrons. The van der Waals surface area contributed by atoms with Crippen molar-refractivity contribution in [2.75, 3.05) is 6.61 Å². The zero-order valence-corrected chi connectivity index (χ0v) is 8.53. The highest BCUT2D eigenvalue weighted by Gasteiger charge is 2.33. The number of hydroxylamine groups is 1. The number of allylic oxidation sites excluding steroid dienone is 1. The van der Waals surface area contributed by atoms with Crippen LogP contribution in [-0.4, -0.2) is 23.5 Å². The van der Waals surface area contributed by atoms with Crippen molar-refractivity contribution in [3.05, 3.63) is 11.1 Å². The molecule has 0 aromatic rings. The lowest BCUT2D eigenvalue weighted by atomic mass is 9.95. The molecule has 5 nitrogen and oxygen atoms in total. The number of carbonyl (C=O) groups excluding carboxylic acids is 2. The van der Waals surface area contributed by atoms with Crippen molar-refractivity contribution in [2.24, 2.45) is 11.8 Å². The van der Waals surface area contributed by atoms with Crippen LogP contribution in [-0.2, 0) is 14.4 Å². The van der Waals surface area contributed by atoms with Gasteiger partial charge in [-0.3, -0.25) is 14.4 Å². The standard InChI is InChI=1S/C9H14N2O3/c1-5(7(3)12)6(2)8-4-14-11(10)9(8)13/h8H,4,10H2,1-3H3. The van der Waals surface area contributed by atoms with Gasteiger partial charge in [-0.1, -0.05) is 5.57 Å². The van der Waals surface area contributed by atoms with Crippen LogP contribution in [0.2, 0.25) is 0 Å². The third-order valence-corrected chi connectivity index (χ3v) is 2.54. The number of hydrogen-bond donors (Lipinski definition) is 1. The third kappa shape index (κ3) is 1.83. The number of nitrogens with two attached hydrogens (primary N) is 1. The Morgan fingerprint density at radius 3 is 2.43 bits per heavy atom. The number of ketones is 1. The summed E-state index contributed by atoms with van der Waals surface area (Å²) in [6, 6.07) is 0. The number of hydrogen-bond acceptors (Lipinski definition) is 4. The second-order valence-electron chi connectivity index (χ2n) is 3.38. The lowest BCUT2D eigenvalue weighted by Crippen LogP contribution is -2.33. The van der Waals surface area contributed by atoms with Gasteiger partial charge in [0.25, 0.3) is 5.91 Å². The number of nitrogens with zero attached hydrogens (tertiary/aromatic N) is 1. The minimum absolute atomic E-state index is 0.0363. The van der Waals surface area contributed by atoms with Crippen LogP contribution in [0.25, 0.3) is 0 Å². The molecule has 14 heavy (non-hydrogen) atoms. The molecular weight excluding hydrogens is 184 g/mol. The summed E-state index contributed by atoms with van der Waals surface area (Å²) < 4.78 is 0. The van der Waals surface area contributed by atoms with E-state index in [4.69, 9.17) is 10.7 Å². The zero-order chi connectivity index (χ0) is 10.9. The predicted octanol–water partition coefficient (Wildman–Crippen LogP) is 0.176. The largest absolute Gasteiger partial charge is 0.295 e. The molecular formula is C9H14N2O3. The van der Waals surface area contributed by atoms with Crippen LogP contribution in [0.3, 0.4) is 0 Å². The average Bonchev–Trinajstić information content (AvgIpc) is 2.45. The lowest BCUT2D eigenvalue weighted by Gasteiger charge is -2.09. The number of Topliss-reactive ketones (excluding diaryl/α,β-unsaturated/α-hetero) is 1. The summed E-state index contributed by atoms with van der Waals surface area (Å²) >= 11 is 0. The number of hydrazine groups is 1. The molecule has 1 aliphatic rings. The van der Waals surface area contributed by atoms with Crippen LogP contribution in [0.15, 0.2) is 11.1 Å². The van der Waals surface area contributed by atoms with E-state index in [1.54, 1.807) is 13.8 Å². The number of carbonyl (C=O) groups is 2. The van der Waals surface area contributed by atoms with E-state index in [0.29, 0.717) is 5.57 Å². The Labute approximate surface area is 82.4 Å². The molecule has 0 bridgehead atoms. The van der Waals surface area contributed by atoms with Gasteiger partial charge < -0.3 is 0 Å². The van der Waals surface area contributed by atoms with Crippen LogP contribution >= 0.6 is 0 Å². The Kier molecular flexibility index (Phi) is 3.03. The van der Waals surface area contributed by atoms with Crippen molar-refractivity contribution < 1.29 is 14.4 Å². The molecule has 0 aliphatic carbocycles. The molecule has 1 aliphatic heterocycles. The monoisotopic (exact) mass is 198 g/mol. The Morgan fingerprint density at radius 1 is 1.50 bits per heavy atom. The Morgan fingerprint density at radius 2 is 2.07 bits per heavy atom. The van der Waals surface area contributed by atoms with Gasteiger partial charge in [-0.2, -0.15) is 5.17 Å². The first-order chi connectivity index (χ1) is 6.45. The summed E-state index contributed by atoms with van der Waals surface area (Å²) in [5.41, 5.74) is 1.33. The van der Waals surface area contributed by atoms with Crippen molar-refractivity contribution in [2.45, 2.75) is 20.8 Å². The van der Waals surface area contributed by atoms with Crippen molar-refractivity contribution in [3.8, 4) is 0 Å². The van der Waals surface area contributed by atoms with E-state index in [1.165, 1.54) is 6.92 Å². The molecule has 0 aromatic carbocycles. The first-order valence-electron chi connectivity index (χ1n) is 4.35. The molecule has 1 saturated heterocycles. The summed E-state index contributed by atoms with van der Waals surface area (Å²) in [6.07, 6.45) is 0. The molecule has 0 saturated carbocycles. The molecule has 2 N–H and O–H groups in total. The van der Waals surface area contributed by atoms with E-state index in [1.807, 2.05) is 0 Å².